The van der Waals surface area contributed by atoms with E-state index in [-0.39, 0.29) is 17.9 Å². The van der Waals surface area contributed by atoms with Gasteiger partial charge in [0.25, 0.3) is 0 Å². The predicted molar refractivity (Wildman–Crippen MR) is 42.8 cm³/mol. The molecule has 11 heavy (non-hydrogen) atoms. The van der Waals surface area contributed by atoms with Gasteiger partial charge in [0, 0.05) is 0 Å². The summed E-state index contributed by atoms with van der Waals surface area (Å²) in [6, 6.07) is 0.101. The molecule has 0 spiro atoms. The Hall–Kier alpha value is -1.31. The lowest BCUT2D eigenvalue weighted by Gasteiger charge is -2.20. The van der Waals surface area contributed by atoms with E-state index in [0.717, 1.165) is 0 Å². The zero-order valence-electron chi connectivity index (χ0n) is 6.03. The van der Waals surface area contributed by atoms with Crippen LogP contribution in [0.3, 0.4) is 0 Å². The first-order valence-electron chi connectivity index (χ1n) is 3.70. The molecular formula is C9H9NO. The van der Waals surface area contributed by atoms with Crippen LogP contribution in [-0.4, -0.2) is 11.9 Å². The topological polar surface area (TPSA) is 29.1 Å². The van der Waals surface area contributed by atoms with E-state index in [2.05, 4.69) is 5.32 Å². The number of allylic oxidation sites excluding steroid dienone is 2. The highest BCUT2D eigenvalue weighted by Crippen LogP contribution is 2.12. The van der Waals surface area contributed by atoms with Gasteiger partial charge in [0.2, 0.25) is 5.91 Å². The molecule has 1 N–H and O–H groups in total. The predicted octanol–water partition coefficient (Wildman–Crippen LogP) is 0.783. The first-order valence-corrected chi connectivity index (χ1v) is 3.70. The van der Waals surface area contributed by atoms with Crippen molar-refractivity contribution < 1.29 is 4.79 Å². The molecule has 2 nitrogen and oxygen atoms in total. The number of carbonyl (C=O) groups is 1. The van der Waals surface area contributed by atoms with Crippen LogP contribution in [0.15, 0.2) is 36.5 Å². The van der Waals surface area contributed by atoms with E-state index >= 15 is 0 Å². The summed E-state index contributed by atoms with van der Waals surface area (Å²) in [7, 11) is 0. The molecule has 0 aromatic heterocycles. The molecule has 0 aromatic carbocycles. The van der Waals surface area contributed by atoms with Gasteiger partial charge in [-0.2, -0.15) is 0 Å². The second-order valence-corrected chi connectivity index (χ2v) is 2.71. The summed E-state index contributed by atoms with van der Waals surface area (Å²) in [6.45, 7) is 0. The SMILES string of the molecule is O=C1NC2C=CC=CC1C=C2. The van der Waals surface area contributed by atoms with Crippen LogP contribution < -0.4 is 5.32 Å². The Morgan fingerprint density at radius 3 is 2.73 bits per heavy atom. The average Bonchev–Trinajstić information content (AvgIpc) is 1.92. The molecule has 0 aromatic rings. The minimum atomic E-state index is -0.0591. The van der Waals surface area contributed by atoms with Crippen molar-refractivity contribution in [3.8, 4) is 0 Å². The zero-order chi connectivity index (χ0) is 7.68. The second kappa shape index (κ2) is 2.38. The minimum absolute atomic E-state index is 0.0591. The number of fused-ring (bicyclic) bond motifs is 2. The standard InChI is InChI=1S/C9H9NO/c11-9-7-3-1-2-4-8(10-9)6-5-7/h1-8H,(H,10,11). The maximum Gasteiger partial charge on any atom is 0.231 e. The van der Waals surface area contributed by atoms with Crippen LogP contribution in [0.25, 0.3) is 0 Å². The Balaban J connectivity index is 2.38. The number of hydrogen-bond donors (Lipinski definition) is 1. The lowest BCUT2D eigenvalue weighted by Crippen LogP contribution is -2.39. The van der Waals surface area contributed by atoms with Gasteiger partial charge >= 0.3 is 0 Å². The van der Waals surface area contributed by atoms with Gasteiger partial charge in [0.05, 0.1) is 12.0 Å². The van der Waals surface area contributed by atoms with Crippen molar-refractivity contribution in [2.75, 3.05) is 0 Å². The van der Waals surface area contributed by atoms with Crippen molar-refractivity contribution in [3.63, 3.8) is 0 Å². The molecule has 2 aliphatic heterocycles. The Bertz CT molecular complexity index is 263. The van der Waals surface area contributed by atoms with Gasteiger partial charge in [0.15, 0.2) is 0 Å². The van der Waals surface area contributed by atoms with Crippen LogP contribution >= 0.6 is 0 Å². The highest BCUT2D eigenvalue weighted by molar-refractivity contribution is 5.84. The third-order valence-corrected chi connectivity index (χ3v) is 1.89. The highest BCUT2D eigenvalue weighted by atomic mass is 16.1. The molecule has 0 saturated heterocycles. The molecule has 2 atom stereocenters. The molecule has 1 amide bonds. The molecule has 0 fully saturated rings. The van der Waals surface area contributed by atoms with E-state index in [4.69, 9.17) is 0 Å². The molecule has 1 aliphatic carbocycles. The first-order chi connectivity index (χ1) is 5.36. The fourth-order valence-corrected chi connectivity index (χ4v) is 1.27. The van der Waals surface area contributed by atoms with Crippen molar-refractivity contribution in [2.45, 2.75) is 6.04 Å². The van der Waals surface area contributed by atoms with Crippen molar-refractivity contribution in [2.24, 2.45) is 5.92 Å². The second-order valence-electron chi connectivity index (χ2n) is 2.71. The molecule has 3 rings (SSSR count). The molecule has 2 unspecified atom stereocenters. The van der Waals surface area contributed by atoms with E-state index in [0.29, 0.717) is 0 Å². The van der Waals surface area contributed by atoms with Gasteiger partial charge in [-0.3, -0.25) is 4.79 Å². The van der Waals surface area contributed by atoms with Crippen LogP contribution in [0.5, 0.6) is 0 Å². The van der Waals surface area contributed by atoms with Crippen LogP contribution in [0, 0.1) is 5.92 Å². The van der Waals surface area contributed by atoms with E-state index in [9.17, 15) is 4.79 Å². The Morgan fingerprint density at radius 1 is 1.09 bits per heavy atom. The molecule has 2 heteroatoms. The van der Waals surface area contributed by atoms with E-state index in [1.54, 1.807) is 0 Å². The third kappa shape index (κ3) is 1.11. The molecule has 2 heterocycles. The van der Waals surface area contributed by atoms with E-state index < -0.39 is 0 Å². The largest absolute Gasteiger partial charge is 0.346 e. The fraction of sp³-hybridized carbons (Fsp3) is 0.222. The van der Waals surface area contributed by atoms with Gasteiger partial charge in [-0.05, 0) is 0 Å². The summed E-state index contributed by atoms with van der Waals surface area (Å²) in [5, 5.41) is 2.85. The van der Waals surface area contributed by atoms with Gasteiger partial charge in [0.1, 0.15) is 0 Å². The minimum Gasteiger partial charge on any atom is -0.346 e. The van der Waals surface area contributed by atoms with Crippen LogP contribution in [0.2, 0.25) is 0 Å². The summed E-state index contributed by atoms with van der Waals surface area (Å²) in [5.41, 5.74) is 0. The molecular weight excluding hydrogens is 138 g/mol. The Labute approximate surface area is 65.3 Å². The smallest absolute Gasteiger partial charge is 0.231 e. The summed E-state index contributed by atoms with van der Waals surface area (Å²) in [5.74, 6) is 0.0364. The lowest BCUT2D eigenvalue weighted by molar-refractivity contribution is -0.123. The highest BCUT2D eigenvalue weighted by Gasteiger charge is 2.19. The van der Waals surface area contributed by atoms with Crippen LogP contribution in [-0.2, 0) is 4.79 Å². The lowest BCUT2D eigenvalue weighted by atomic mass is 9.99. The normalized spacial score (nSPS) is 33.3. The van der Waals surface area contributed by atoms with Gasteiger partial charge in [-0.25, -0.2) is 0 Å². The molecule has 2 bridgehead atoms. The van der Waals surface area contributed by atoms with Gasteiger partial charge < -0.3 is 5.32 Å². The number of hydrogen-bond acceptors (Lipinski definition) is 1. The first kappa shape index (κ1) is 6.40. The molecule has 0 radical (unpaired) electrons. The monoisotopic (exact) mass is 147 g/mol. The summed E-state index contributed by atoms with van der Waals surface area (Å²) >= 11 is 0. The fourth-order valence-electron chi connectivity index (χ4n) is 1.27. The summed E-state index contributed by atoms with van der Waals surface area (Å²) < 4.78 is 0. The van der Waals surface area contributed by atoms with Crippen LogP contribution in [0.1, 0.15) is 0 Å². The summed E-state index contributed by atoms with van der Waals surface area (Å²) in [4.78, 5) is 11.2. The average molecular weight is 147 g/mol. The maximum atomic E-state index is 11.2. The van der Waals surface area contributed by atoms with Crippen LogP contribution in [0.4, 0.5) is 0 Å². The van der Waals surface area contributed by atoms with Gasteiger partial charge in [-0.1, -0.05) is 36.5 Å². The van der Waals surface area contributed by atoms with Crippen molar-refractivity contribution in [1.29, 1.82) is 0 Å². The van der Waals surface area contributed by atoms with Crippen molar-refractivity contribution in [1.82, 2.24) is 5.32 Å². The van der Waals surface area contributed by atoms with Crippen molar-refractivity contribution in [3.05, 3.63) is 36.5 Å². The number of carbonyl (C=O) groups excluding carboxylic acids is 1. The van der Waals surface area contributed by atoms with Crippen molar-refractivity contribution >= 4 is 5.91 Å². The molecule has 56 valence electrons. The van der Waals surface area contributed by atoms with E-state index in [1.165, 1.54) is 0 Å². The molecule has 3 aliphatic rings. The number of amides is 1. The van der Waals surface area contributed by atoms with Gasteiger partial charge in [-0.15, -0.1) is 0 Å². The zero-order valence-corrected chi connectivity index (χ0v) is 6.03. The molecule has 0 saturated carbocycles. The maximum absolute atomic E-state index is 11.2. The number of nitrogens with one attached hydrogen (secondary N) is 1. The Morgan fingerprint density at radius 2 is 1.91 bits per heavy atom. The number of rotatable bonds is 0. The van der Waals surface area contributed by atoms with E-state index in [1.807, 2.05) is 36.5 Å². The quantitative estimate of drug-likeness (QED) is 0.504. The Kier molecular flexibility index (Phi) is 1.39. The third-order valence-electron chi connectivity index (χ3n) is 1.89. The summed E-state index contributed by atoms with van der Waals surface area (Å²) in [6.07, 6.45) is 11.7.